The third-order valence-electron chi connectivity index (χ3n) is 4.79. The molecule has 0 bridgehead atoms. The number of Topliss-reactive ketones (excluding diaryl/α,β-unsaturated/α-hetero) is 1. The average molecular weight is 246 g/mol. The van der Waals surface area contributed by atoms with Gasteiger partial charge in [0.05, 0.1) is 0 Å². The van der Waals surface area contributed by atoms with E-state index in [0.29, 0.717) is 17.6 Å². The van der Waals surface area contributed by atoms with Crippen molar-refractivity contribution in [2.75, 3.05) is 0 Å². The molecule has 0 heterocycles. The first kappa shape index (κ1) is 13.6. The van der Waals surface area contributed by atoms with Crippen LogP contribution < -0.4 is 0 Å². The molecule has 4 atom stereocenters. The van der Waals surface area contributed by atoms with Crippen molar-refractivity contribution in [3.63, 3.8) is 0 Å². The van der Waals surface area contributed by atoms with Crippen molar-refractivity contribution in [3.8, 4) is 0 Å². The van der Waals surface area contributed by atoms with Crippen LogP contribution >= 0.6 is 0 Å². The molecule has 0 radical (unpaired) electrons. The zero-order chi connectivity index (χ0) is 13.3. The molecular weight excluding hydrogens is 220 g/mol. The Labute approximate surface area is 111 Å². The molecule has 2 aliphatic carbocycles. The van der Waals surface area contributed by atoms with Crippen molar-refractivity contribution in [2.24, 2.45) is 23.7 Å². The third-order valence-corrected chi connectivity index (χ3v) is 4.79. The highest BCUT2D eigenvalue weighted by Gasteiger charge is 2.34. The fourth-order valence-electron chi connectivity index (χ4n) is 3.67. The van der Waals surface area contributed by atoms with Crippen LogP contribution in [0.5, 0.6) is 0 Å². The van der Waals surface area contributed by atoms with Gasteiger partial charge < -0.3 is 0 Å². The summed E-state index contributed by atoms with van der Waals surface area (Å²) >= 11 is 0. The fraction of sp³-hybridized carbons (Fsp3) is 0.706. The van der Waals surface area contributed by atoms with Crippen LogP contribution in [0, 0.1) is 23.7 Å². The molecule has 0 aliphatic heterocycles. The Kier molecular flexibility index (Phi) is 4.09. The van der Waals surface area contributed by atoms with Crippen molar-refractivity contribution < 1.29 is 4.79 Å². The third kappa shape index (κ3) is 2.76. The molecule has 0 aromatic rings. The predicted molar refractivity (Wildman–Crippen MR) is 76.3 cm³/mol. The Morgan fingerprint density at radius 3 is 1.67 bits per heavy atom. The molecule has 0 amide bonds. The molecule has 0 fully saturated rings. The van der Waals surface area contributed by atoms with Crippen LogP contribution in [0.3, 0.4) is 0 Å². The summed E-state index contributed by atoms with van der Waals surface area (Å²) in [5, 5.41) is 0. The summed E-state index contributed by atoms with van der Waals surface area (Å²) < 4.78 is 0. The number of rotatable bonds is 2. The first-order valence-electron chi connectivity index (χ1n) is 7.37. The molecule has 0 aromatic heterocycles. The van der Waals surface area contributed by atoms with Crippen LogP contribution in [0.25, 0.3) is 0 Å². The molecule has 4 unspecified atom stereocenters. The largest absolute Gasteiger partial charge is 0.299 e. The molecule has 1 nitrogen and oxygen atoms in total. The van der Waals surface area contributed by atoms with Crippen molar-refractivity contribution in [1.82, 2.24) is 0 Å². The van der Waals surface area contributed by atoms with Gasteiger partial charge in [-0.05, 0) is 51.4 Å². The lowest BCUT2D eigenvalue weighted by atomic mass is 9.70. The maximum atomic E-state index is 12.7. The molecule has 0 saturated heterocycles. The van der Waals surface area contributed by atoms with Gasteiger partial charge in [0.25, 0.3) is 0 Å². The highest BCUT2D eigenvalue weighted by molar-refractivity contribution is 5.84. The van der Waals surface area contributed by atoms with E-state index >= 15 is 0 Å². The molecule has 0 spiro atoms. The lowest BCUT2D eigenvalue weighted by Gasteiger charge is -2.33. The van der Waals surface area contributed by atoms with Crippen molar-refractivity contribution in [1.29, 1.82) is 0 Å². The van der Waals surface area contributed by atoms with E-state index in [2.05, 4.69) is 39.8 Å². The van der Waals surface area contributed by atoms with E-state index in [-0.39, 0.29) is 11.8 Å². The van der Waals surface area contributed by atoms with Crippen molar-refractivity contribution in [2.45, 2.75) is 53.4 Å². The van der Waals surface area contributed by atoms with Crippen LogP contribution in [0.1, 0.15) is 53.4 Å². The van der Waals surface area contributed by atoms with E-state index in [4.69, 9.17) is 0 Å². The van der Waals surface area contributed by atoms with Crippen molar-refractivity contribution in [3.05, 3.63) is 23.3 Å². The minimum absolute atomic E-state index is 0.271. The Morgan fingerprint density at radius 2 is 1.33 bits per heavy atom. The van der Waals surface area contributed by atoms with Gasteiger partial charge in [-0.1, -0.05) is 37.1 Å². The lowest BCUT2D eigenvalue weighted by Crippen LogP contribution is -2.33. The van der Waals surface area contributed by atoms with E-state index < -0.39 is 0 Å². The molecule has 0 N–H and O–H groups in total. The molecule has 0 aromatic carbocycles. The Morgan fingerprint density at radius 1 is 0.944 bits per heavy atom. The Bertz CT molecular complexity index is 352. The zero-order valence-corrected chi connectivity index (χ0v) is 12.2. The van der Waals surface area contributed by atoms with Crippen LogP contribution in [0.15, 0.2) is 23.3 Å². The van der Waals surface area contributed by atoms with Crippen LogP contribution in [-0.4, -0.2) is 5.78 Å². The SMILES string of the molecule is CC1=CC(C)C(C(=O)C2CCC(C)=CC2C)CC1. The standard InChI is InChI=1S/C17H26O/c1-11-5-7-15(13(3)9-11)17(18)16-8-6-12(2)10-14(16)4/h9-10,13-16H,5-8H2,1-4H3. The minimum Gasteiger partial charge on any atom is -0.299 e. The first-order chi connectivity index (χ1) is 8.49. The van der Waals surface area contributed by atoms with E-state index in [1.165, 1.54) is 11.1 Å². The van der Waals surface area contributed by atoms with Crippen molar-refractivity contribution >= 4 is 5.78 Å². The highest BCUT2D eigenvalue weighted by Crippen LogP contribution is 2.36. The van der Waals surface area contributed by atoms with Gasteiger partial charge in [0.15, 0.2) is 0 Å². The van der Waals surface area contributed by atoms with E-state index in [9.17, 15) is 4.79 Å². The summed E-state index contributed by atoms with van der Waals surface area (Å²) in [6.45, 7) is 8.79. The molecular formula is C17H26O. The Balaban J connectivity index is 2.08. The normalized spacial score (nSPS) is 36.9. The summed E-state index contributed by atoms with van der Waals surface area (Å²) in [5.41, 5.74) is 2.91. The van der Waals surface area contributed by atoms with E-state index in [1.807, 2.05) is 0 Å². The molecule has 2 aliphatic rings. The van der Waals surface area contributed by atoms with E-state index in [0.717, 1.165) is 25.7 Å². The van der Waals surface area contributed by atoms with Crippen LogP contribution in [0.2, 0.25) is 0 Å². The molecule has 0 saturated carbocycles. The number of allylic oxidation sites excluding steroid dienone is 4. The highest BCUT2D eigenvalue weighted by atomic mass is 16.1. The first-order valence-corrected chi connectivity index (χ1v) is 7.37. The quantitative estimate of drug-likeness (QED) is 0.654. The Hall–Kier alpha value is -0.850. The minimum atomic E-state index is 0.271. The summed E-state index contributed by atoms with van der Waals surface area (Å²) in [6, 6.07) is 0. The van der Waals surface area contributed by atoms with Gasteiger partial charge in [-0.2, -0.15) is 0 Å². The fourth-order valence-corrected chi connectivity index (χ4v) is 3.67. The number of carbonyl (C=O) groups is 1. The smallest absolute Gasteiger partial charge is 0.140 e. The van der Waals surface area contributed by atoms with Gasteiger partial charge in [0, 0.05) is 11.8 Å². The van der Waals surface area contributed by atoms with Crippen LogP contribution in [-0.2, 0) is 4.79 Å². The van der Waals surface area contributed by atoms with Gasteiger partial charge >= 0.3 is 0 Å². The number of ketones is 1. The van der Waals surface area contributed by atoms with Gasteiger partial charge in [-0.25, -0.2) is 0 Å². The van der Waals surface area contributed by atoms with Gasteiger partial charge in [-0.15, -0.1) is 0 Å². The maximum Gasteiger partial charge on any atom is 0.140 e. The van der Waals surface area contributed by atoms with Gasteiger partial charge in [0.2, 0.25) is 0 Å². The van der Waals surface area contributed by atoms with Gasteiger partial charge in [0.1, 0.15) is 5.78 Å². The average Bonchev–Trinajstić information content (AvgIpc) is 2.28. The monoisotopic (exact) mass is 246 g/mol. The van der Waals surface area contributed by atoms with Crippen LogP contribution in [0.4, 0.5) is 0 Å². The number of hydrogen-bond acceptors (Lipinski definition) is 1. The molecule has 100 valence electrons. The predicted octanol–water partition coefficient (Wildman–Crippen LogP) is 4.54. The number of hydrogen-bond donors (Lipinski definition) is 0. The summed E-state index contributed by atoms with van der Waals surface area (Å²) in [5.74, 6) is 1.94. The number of carbonyl (C=O) groups excluding carboxylic acids is 1. The maximum absolute atomic E-state index is 12.7. The summed E-state index contributed by atoms with van der Waals surface area (Å²) in [6.07, 6.45) is 8.96. The second-order valence-electron chi connectivity index (χ2n) is 6.44. The molecule has 2 rings (SSSR count). The summed E-state index contributed by atoms with van der Waals surface area (Å²) in [4.78, 5) is 12.7. The summed E-state index contributed by atoms with van der Waals surface area (Å²) in [7, 11) is 0. The molecule has 18 heavy (non-hydrogen) atoms. The second kappa shape index (κ2) is 5.42. The van der Waals surface area contributed by atoms with Gasteiger partial charge in [-0.3, -0.25) is 4.79 Å². The molecule has 1 heteroatoms. The second-order valence-corrected chi connectivity index (χ2v) is 6.44. The topological polar surface area (TPSA) is 17.1 Å². The lowest BCUT2D eigenvalue weighted by molar-refractivity contribution is -0.129. The van der Waals surface area contributed by atoms with E-state index in [1.54, 1.807) is 0 Å². The zero-order valence-electron chi connectivity index (χ0n) is 12.2.